The van der Waals surface area contributed by atoms with Crippen molar-refractivity contribution in [3.05, 3.63) is 17.8 Å². The number of aromatic nitrogens is 1. The van der Waals surface area contributed by atoms with Crippen LogP contribution in [0.25, 0.3) is 0 Å². The molecule has 1 aliphatic rings. The highest BCUT2D eigenvalue weighted by atomic mass is 16.2. The first kappa shape index (κ1) is 13.6. The van der Waals surface area contributed by atoms with Gasteiger partial charge in [0, 0.05) is 26.1 Å². The van der Waals surface area contributed by atoms with Crippen LogP contribution < -0.4 is 11.1 Å². The monoisotopic (exact) mass is 262 g/mol. The lowest BCUT2D eigenvalue weighted by molar-refractivity contribution is -0.131. The zero-order valence-electron chi connectivity index (χ0n) is 11.5. The van der Waals surface area contributed by atoms with Gasteiger partial charge in [0.1, 0.15) is 5.82 Å². The summed E-state index contributed by atoms with van der Waals surface area (Å²) in [6.45, 7) is 4.32. The predicted molar refractivity (Wildman–Crippen MR) is 76.9 cm³/mol. The van der Waals surface area contributed by atoms with Crippen molar-refractivity contribution < 1.29 is 4.79 Å². The van der Waals surface area contributed by atoms with E-state index in [2.05, 4.69) is 10.3 Å². The number of nitrogens with zero attached hydrogens (tertiary/aromatic N) is 2. The van der Waals surface area contributed by atoms with Gasteiger partial charge in [-0.05, 0) is 38.3 Å². The Kier molecular flexibility index (Phi) is 4.60. The lowest BCUT2D eigenvalue weighted by atomic mass is 10.1. The van der Waals surface area contributed by atoms with E-state index in [1.54, 1.807) is 0 Å². The smallest absolute Gasteiger partial charge is 0.224 e. The minimum Gasteiger partial charge on any atom is -0.397 e. The Bertz CT molecular complexity index is 441. The Balaban J connectivity index is 1.76. The van der Waals surface area contributed by atoms with Crippen molar-refractivity contribution in [2.45, 2.75) is 32.6 Å². The molecule has 1 saturated heterocycles. The van der Waals surface area contributed by atoms with E-state index in [1.165, 1.54) is 6.42 Å². The molecule has 0 bridgehead atoms. The van der Waals surface area contributed by atoms with Gasteiger partial charge in [-0.3, -0.25) is 4.79 Å². The van der Waals surface area contributed by atoms with Crippen molar-refractivity contribution >= 4 is 17.4 Å². The van der Waals surface area contributed by atoms with E-state index in [0.29, 0.717) is 18.7 Å². The number of rotatable bonds is 4. The zero-order valence-corrected chi connectivity index (χ0v) is 11.5. The summed E-state index contributed by atoms with van der Waals surface area (Å²) in [5.41, 5.74) is 7.21. The molecule has 2 heterocycles. The van der Waals surface area contributed by atoms with Crippen LogP contribution in [-0.2, 0) is 4.79 Å². The number of nitrogens with one attached hydrogen (secondary N) is 1. The molecule has 3 N–H and O–H groups in total. The molecule has 0 atom stereocenters. The van der Waals surface area contributed by atoms with Gasteiger partial charge in [-0.2, -0.15) is 0 Å². The first-order valence-electron chi connectivity index (χ1n) is 6.91. The quantitative estimate of drug-likeness (QED) is 0.867. The summed E-state index contributed by atoms with van der Waals surface area (Å²) in [4.78, 5) is 18.2. The largest absolute Gasteiger partial charge is 0.397 e. The van der Waals surface area contributed by atoms with Gasteiger partial charge in [-0.15, -0.1) is 0 Å². The van der Waals surface area contributed by atoms with Crippen LogP contribution in [0.2, 0.25) is 0 Å². The molecule has 2 rings (SSSR count). The lowest BCUT2D eigenvalue weighted by Gasteiger charge is -2.26. The number of hydrogen-bond donors (Lipinski definition) is 2. The minimum atomic E-state index is 0.236. The van der Waals surface area contributed by atoms with Crippen LogP contribution in [0.4, 0.5) is 11.5 Å². The molecular formula is C14H22N4O. The normalized spacial score (nSPS) is 15.3. The average Bonchev–Trinajstić information content (AvgIpc) is 2.43. The van der Waals surface area contributed by atoms with Crippen LogP contribution in [0.1, 0.15) is 31.4 Å². The number of likely N-dealkylation sites (tertiary alicyclic amines) is 1. The van der Waals surface area contributed by atoms with Crippen LogP contribution >= 0.6 is 0 Å². The predicted octanol–water partition coefficient (Wildman–Crippen LogP) is 1.79. The van der Waals surface area contributed by atoms with Gasteiger partial charge in [-0.1, -0.05) is 0 Å². The van der Waals surface area contributed by atoms with Crippen molar-refractivity contribution in [1.29, 1.82) is 0 Å². The molecule has 0 spiro atoms. The van der Waals surface area contributed by atoms with Gasteiger partial charge in [0.05, 0.1) is 11.4 Å². The second kappa shape index (κ2) is 6.41. The maximum atomic E-state index is 12.0. The standard InChI is InChI=1S/C14H22N4O/c1-11-12(15)5-6-13(17-11)16-8-7-14(19)18-9-3-2-4-10-18/h5-6H,2-4,7-10,15H2,1H3,(H,16,17). The molecule has 1 aliphatic heterocycles. The van der Waals surface area contributed by atoms with E-state index in [1.807, 2.05) is 24.0 Å². The Hall–Kier alpha value is -1.78. The first-order chi connectivity index (χ1) is 9.16. The number of anilines is 2. The van der Waals surface area contributed by atoms with Crippen LogP contribution in [0.3, 0.4) is 0 Å². The minimum absolute atomic E-state index is 0.236. The highest BCUT2D eigenvalue weighted by Gasteiger charge is 2.15. The third-order valence-electron chi connectivity index (χ3n) is 3.48. The highest BCUT2D eigenvalue weighted by molar-refractivity contribution is 5.76. The van der Waals surface area contributed by atoms with Crippen molar-refractivity contribution in [2.24, 2.45) is 0 Å². The van der Waals surface area contributed by atoms with Gasteiger partial charge in [0.25, 0.3) is 0 Å². The first-order valence-corrected chi connectivity index (χ1v) is 6.91. The maximum Gasteiger partial charge on any atom is 0.224 e. The summed E-state index contributed by atoms with van der Waals surface area (Å²) >= 11 is 0. The molecule has 5 heteroatoms. The molecule has 0 unspecified atom stereocenters. The summed E-state index contributed by atoms with van der Waals surface area (Å²) in [6.07, 6.45) is 4.04. The Morgan fingerprint density at radius 1 is 1.37 bits per heavy atom. The number of nitrogens with two attached hydrogens (primary N) is 1. The number of amides is 1. The number of carbonyl (C=O) groups is 1. The molecule has 0 aliphatic carbocycles. The molecule has 1 amide bonds. The SMILES string of the molecule is Cc1nc(NCCC(=O)N2CCCCC2)ccc1N. The third kappa shape index (κ3) is 3.84. The van der Waals surface area contributed by atoms with Gasteiger partial charge in [0.15, 0.2) is 0 Å². The molecule has 1 fully saturated rings. The van der Waals surface area contributed by atoms with E-state index in [-0.39, 0.29) is 5.91 Å². The van der Waals surface area contributed by atoms with Crippen molar-refractivity contribution in [1.82, 2.24) is 9.88 Å². The molecule has 19 heavy (non-hydrogen) atoms. The molecule has 1 aromatic heterocycles. The second-order valence-corrected chi connectivity index (χ2v) is 4.99. The fraction of sp³-hybridized carbons (Fsp3) is 0.571. The molecule has 0 saturated carbocycles. The number of pyridine rings is 1. The molecule has 104 valence electrons. The lowest BCUT2D eigenvalue weighted by Crippen LogP contribution is -2.36. The fourth-order valence-electron chi connectivity index (χ4n) is 2.27. The Morgan fingerprint density at radius 3 is 2.79 bits per heavy atom. The molecule has 1 aromatic rings. The van der Waals surface area contributed by atoms with Gasteiger partial charge < -0.3 is 16.0 Å². The number of carbonyl (C=O) groups excluding carboxylic acids is 1. The van der Waals surface area contributed by atoms with E-state index in [9.17, 15) is 4.79 Å². The summed E-state index contributed by atoms with van der Waals surface area (Å²) in [5.74, 6) is 1.01. The molecule has 0 aromatic carbocycles. The molecule has 5 nitrogen and oxygen atoms in total. The summed E-state index contributed by atoms with van der Waals surface area (Å²) in [6, 6.07) is 3.67. The van der Waals surface area contributed by atoms with Crippen LogP contribution in [0.5, 0.6) is 0 Å². The van der Waals surface area contributed by atoms with Gasteiger partial charge in [0.2, 0.25) is 5.91 Å². The van der Waals surface area contributed by atoms with E-state index in [0.717, 1.165) is 37.4 Å². The van der Waals surface area contributed by atoms with Crippen LogP contribution in [0.15, 0.2) is 12.1 Å². The Labute approximate surface area is 114 Å². The van der Waals surface area contributed by atoms with E-state index >= 15 is 0 Å². The molecular weight excluding hydrogens is 240 g/mol. The number of piperidine rings is 1. The summed E-state index contributed by atoms with van der Waals surface area (Å²) < 4.78 is 0. The number of hydrogen-bond acceptors (Lipinski definition) is 4. The van der Waals surface area contributed by atoms with E-state index in [4.69, 9.17) is 5.73 Å². The summed E-state index contributed by atoms with van der Waals surface area (Å²) in [7, 11) is 0. The van der Waals surface area contributed by atoms with Crippen LogP contribution in [-0.4, -0.2) is 35.4 Å². The van der Waals surface area contributed by atoms with Gasteiger partial charge >= 0.3 is 0 Å². The van der Waals surface area contributed by atoms with Gasteiger partial charge in [-0.25, -0.2) is 4.98 Å². The van der Waals surface area contributed by atoms with Crippen molar-refractivity contribution in [3.8, 4) is 0 Å². The zero-order chi connectivity index (χ0) is 13.7. The number of nitrogen functional groups attached to an aromatic ring is 1. The van der Waals surface area contributed by atoms with Crippen molar-refractivity contribution in [3.63, 3.8) is 0 Å². The van der Waals surface area contributed by atoms with Crippen molar-refractivity contribution in [2.75, 3.05) is 30.7 Å². The fourth-order valence-corrected chi connectivity index (χ4v) is 2.27. The van der Waals surface area contributed by atoms with Crippen LogP contribution in [0, 0.1) is 6.92 Å². The maximum absolute atomic E-state index is 12.0. The summed E-state index contributed by atoms with van der Waals surface area (Å²) in [5, 5.41) is 3.17. The highest BCUT2D eigenvalue weighted by Crippen LogP contribution is 2.12. The number of aryl methyl sites for hydroxylation is 1. The third-order valence-corrected chi connectivity index (χ3v) is 3.48. The second-order valence-electron chi connectivity index (χ2n) is 4.99. The van der Waals surface area contributed by atoms with E-state index < -0.39 is 0 Å². The topological polar surface area (TPSA) is 71.2 Å². The molecule has 0 radical (unpaired) electrons. The Morgan fingerprint density at radius 2 is 2.11 bits per heavy atom. The average molecular weight is 262 g/mol.